The van der Waals surface area contributed by atoms with E-state index >= 15 is 0 Å². The van der Waals surface area contributed by atoms with Crippen LogP contribution in [0.1, 0.15) is 36.1 Å². The van der Waals surface area contributed by atoms with Crippen LogP contribution in [0, 0.1) is 13.8 Å². The van der Waals surface area contributed by atoms with E-state index in [-0.39, 0.29) is 5.41 Å². The average molecular weight is 524 g/mol. The number of aryl methyl sites for hydroxylation is 2. The van der Waals surface area contributed by atoms with Crippen LogP contribution in [-0.4, -0.2) is 4.98 Å². The van der Waals surface area contributed by atoms with Gasteiger partial charge in [-0.05, 0) is 103 Å². The van der Waals surface area contributed by atoms with E-state index in [1.165, 1.54) is 88.0 Å². The van der Waals surface area contributed by atoms with Crippen molar-refractivity contribution in [3.05, 3.63) is 125 Å². The molecule has 0 unspecified atom stereocenters. The molecule has 7 aromatic rings. The van der Waals surface area contributed by atoms with Gasteiger partial charge < -0.3 is 0 Å². The zero-order chi connectivity index (χ0) is 27.6. The van der Waals surface area contributed by atoms with Crippen molar-refractivity contribution in [2.75, 3.05) is 0 Å². The number of nitrogens with zero attached hydrogens (tertiary/aromatic N) is 1. The van der Waals surface area contributed by atoms with Crippen molar-refractivity contribution in [1.29, 1.82) is 0 Å². The summed E-state index contributed by atoms with van der Waals surface area (Å²) in [4.78, 5) is 5.42. The molecule has 1 heterocycles. The Bertz CT molecular complexity index is 2300. The first-order chi connectivity index (χ1) is 19.9. The Balaban J connectivity index is 1.40. The Morgan fingerprint density at radius 1 is 0.512 bits per heavy atom. The van der Waals surface area contributed by atoms with E-state index in [9.17, 15) is 0 Å². The average Bonchev–Trinajstić information content (AvgIpc) is 3.44. The van der Waals surface area contributed by atoms with E-state index in [0.717, 1.165) is 11.4 Å². The summed E-state index contributed by atoms with van der Waals surface area (Å²) >= 11 is 0. The Kier molecular flexibility index (Phi) is 4.32. The minimum Gasteiger partial charge on any atom is -0.247 e. The summed E-state index contributed by atoms with van der Waals surface area (Å²) in [6.07, 6.45) is 0. The maximum atomic E-state index is 5.42. The van der Waals surface area contributed by atoms with Crippen molar-refractivity contribution in [2.45, 2.75) is 33.1 Å². The maximum Gasteiger partial charge on any atom is 0.0753 e. The summed E-state index contributed by atoms with van der Waals surface area (Å²) in [6, 6.07) is 38.6. The van der Waals surface area contributed by atoms with E-state index in [4.69, 9.17) is 4.98 Å². The largest absolute Gasteiger partial charge is 0.247 e. The summed E-state index contributed by atoms with van der Waals surface area (Å²) < 4.78 is 0. The molecule has 1 nitrogen and oxygen atoms in total. The first kappa shape index (κ1) is 23.0. The molecule has 41 heavy (non-hydrogen) atoms. The number of hydrogen-bond acceptors (Lipinski definition) is 1. The monoisotopic (exact) mass is 523 g/mol. The highest BCUT2D eigenvalue weighted by molar-refractivity contribution is 6.29. The minimum atomic E-state index is -0.0510. The highest BCUT2D eigenvalue weighted by Crippen LogP contribution is 2.53. The summed E-state index contributed by atoms with van der Waals surface area (Å²) in [7, 11) is 0. The van der Waals surface area contributed by atoms with Gasteiger partial charge in [-0.3, -0.25) is 0 Å². The summed E-state index contributed by atoms with van der Waals surface area (Å²) in [5.41, 5.74) is 15.3. The number of benzene rings is 6. The Hall–Kier alpha value is -4.75. The van der Waals surface area contributed by atoms with Crippen LogP contribution in [0.25, 0.3) is 77.1 Å². The van der Waals surface area contributed by atoms with Gasteiger partial charge in [0.2, 0.25) is 0 Å². The van der Waals surface area contributed by atoms with Gasteiger partial charge in [0.05, 0.1) is 11.4 Å². The lowest BCUT2D eigenvalue weighted by atomic mass is 9.82. The van der Waals surface area contributed by atoms with Crippen LogP contribution < -0.4 is 0 Å². The van der Waals surface area contributed by atoms with Gasteiger partial charge in [-0.15, -0.1) is 0 Å². The number of rotatable bonds is 1. The van der Waals surface area contributed by atoms with Crippen LogP contribution in [-0.2, 0) is 5.41 Å². The normalized spacial score (nSPS) is 14.0. The minimum absolute atomic E-state index is 0.0510. The molecule has 0 aliphatic heterocycles. The molecule has 0 saturated heterocycles. The van der Waals surface area contributed by atoms with Crippen LogP contribution in [0.5, 0.6) is 0 Å². The molecule has 1 heteroatoms. The molecule has 0 atom stereocenters. The van der Waals surface area contributed by atoms with Gasteiger partial charge in [-0.2, -0.15) is 0 Å². The third kappa shape index (κ3) is 2.88. The second kappa shape index (κ2) is 7.71. The van der Waals surface area contributed by atoms with Crippen molar-refractivity contribution in [3.63, 3.8) is 0 Å². The molecule has 1 aromatic heterocycles. The number of aromatic nitrogens is 1. The molecular weight excluding hydrogens is 494 g/mol. The fourth-order valence-corrected chi connectivity index (χ4v) is 7.77. The predicted octanol–water partition coefficient (Wildman–Crippen LogP) is 10.8. The molecule has 0 amide bonds. The first-order valence-electron chi connectivity index (χ1n) is 14.6. The van der Waals surface area contributed by atoms with Crippen LogP contribution in [0.3, 0.4) is 0 Å². The standard InChI is InChI=1S/C40H29N/c1-22-13-15-25-29(19-22)32(36-18-17-35-39(41-36)28-11-7-8-12-34(28)40(35,3)4)20-31-27-16-14-23(2)37-26-10-6-5-9-24(26)33(38(27)37)21-30(25)31/h5-21H,1-4H3. The predicted molar refractivity (Wildman–Crippen MR) is 174 cm³/mol. The van der Waals surface area contributed by atoms with E-state index in [2.05, 4.69) is 131 Å². The Morgan fingerprint density at radius 3 is 2.07 bits per heavy atom. The van der Waals surface area contributed by atoms with E-state index in [0.29, 0.717) is 0 Å². The lowest BCUT2D eigenvalue weighted by Crippen LogP contribution is -2.14. The van der Waals surface area contributed by atoms with Gasteiger partial charge in [0.1, 0.15) is 0 Å². The molecule has 6 aromatic carbocycles. The molecule has 2 aliphatic rings. The van der Waals surface area contributed by atoms with Crippen molar-refractivity contribution in [2.24, 2.45) is 0 Å². The quantitative estimate of drug-likeness (QED) is 0.195. The fourth-order valence-electron chi connectivity index (χ4n) is 7.77. The highest BCUT2D eigenvalue weighted by Gasteiger charge is 2.36. The zero-order valence-electron chi connectivity index (χ0n) is 23.8. The number of fused-ring (bicyclic) bond motifs is 10. The topological polar surface area (TPSA) is 12.9 Å². The molecule has 0 spiro atoms. The van der Waals surface area contributed by atoms with Gasteiger partial charge >= 0.3 is 0 Å². The number of hydrogen-bond donors (Lipinski definition) is 0. The van der Waals surface area contributed by atoms with Crippen LogP contribution in [0.4, 0.5) is 0 Å². The highest BCUT2D eigenvalue weighted by atomic mass is 14.7. The third-order valence-corrected chi connectivity index (χ3v) is 9.78. The van der Waals surface area contributed by atoms with E-state index < -0.39 is 0 Å². The SMILES string of the molecule is Cc1ccc2c(c1)c(-c1ccc3c(n1)-c1ccccc1C3(C)C)cc1c3ccc(C)c4c3c(cc21)-c1ccccc1-4. The molecular formula is C40H29N. The number of pyridine rings is 1. The summed E-state index contributed by atoms with van der Waals surface area (Å²) in [6.45, 7) is 9.06. The van der Waals surface area contributed by atoms with Crippen LogP contribution >= 0.6 is 0 Å². The van der Waals surface area contributed by atoms with Crippen molar-refractivity contribution < 1.29 is 0 Å². The van der Waals surface area contributed by atoms with Crippen molar-refractivity contribution in [3.8, 4) is 44.8 Å². The second-order valence-electron chi connectivity index (χ2n) is 12.5. The molecule has 0 saturated carbocycles. The smallest absolute Gasteiger partial charge is 0.0753 e. The first-order valence-corrected chi connectivity index (χ1v) is 14.6. The summed E-state index contributed by atoms with van der Waals surface area (Å²) in [5.74, 6) is 0. The van der Waals surface area contributed by atoms with E-state index in [1.54, 1.807) is 0 Å². The second-order valence-corrected chi connectivity index (χ2v) is 12.5. The maximum absolute atomic E-state index is 5.42. The van der Waals surface area contributed by atoms with Gasteiger partial charge in [-0.1, -0.05) is 104 Å². The van der Waals surface area contributed by atoms with Gasteiger partial charge in [0.15, 0.2) is 0 Å². The summed E-state index contributed by atoms with van der Waals surface area (Å²) in [5, 5.41) is 7.87. The van der Waals surface area contributed by atoms with Crippen molar-refractivity contribution >= 4 is 32.3 Å². The van der Waals surface area contributed by atoms with Gasteiger partial charge in [0.25, 0.3) is 0 Å². The third-order valence-electron chi connectivity index (χ3n) is 9.78. The molecule has 0 fully saturated rings. The van der Waals surface area contributed by atoms with Gasteiger partial charge in [-0.25, -0.2) is 4.98 Å². The molecule has 194 valence electrons. The molecule has 0 radical (unpaired) electrons. The molecule has 2 aliphatic carbocycles. The van der Waals surface area contributed by atoms with Gasteiger partial charge in [0, 0.05) is 16.5 Å². The Morgan fingerprint density at radius 2 is 1.22 bits per heavy atom. The van der Waals surface area contributed by atoms with Crippen molar-refractivity contribution in [1.82, 2.24) is 4.98 Å². The Labute approximate surface area is 240 Å². The van der Waals surface area contributed by atoms with E-state index in [1.807, 2.05) is 0 Å². The fraction of sp³-hybridized carbons (Fsp3) is 0.125. The molecule has 0 bridgehead atoms. The molecule has 9 rings (SSSR count). The van der Waals surface area contributed by atoms with Crippen LogP contribution in [0.15, 0.2) is 103 Å². The van der Waals surface area contributed by atoms with Crippen LogP contribution in [0.2, 0.25) is 0 Å². The molecule has 0 N–H and O–H groups in total. The lowest BCUT2D eigenvalue weighted by molar-refractivity contribution is 0.659. The lowest BCUT2D eigenvalue weighted by Gasteiger charge is -2.21. The zero-order valence-corrected chi connectivity index (χ0v) is 23.8.